The molecule has 2 rings (SSSR count). The number of halogens is 1. The summed E-state index contributed by atoms with van der Waals surface area (Å²) in [5.41, 5.74) is 2.62. The third-order valence-electron chi connectivity index (χ3n) is 2.72. The minimum atomic E-state index is -0.195. The van der Waals surface area contributed by atoms with Gasteiger partial charge in [0.05, 0.1) is 11.4 Å². The van der Waals surface area contributed by atoms with E-state index in [1.54, 1.807) is 17.9 Å². The van der Waals surface area contributed by atoms with Crippen molar-refractivity contribution >= 4 is 11.6 Å². The average Bonchev–Trinajstić information content (AvgIpc) is 2.66. The summed E-state index contributed by atoms with van der Waals surface area (Å²) in [4.78, 5) is 8.64. The molecule has 1 atom stereocenters. The Balaban J connectivity index is 2.51. The molecule has 0 bridgehead atoms. The number of aryl methyl sites for hydroxylation is 2. The van der Waals surface area contributed by atoms with Gasteiger partial charge in [-0.3, -0.25) is 4.68 Å². The van der Waals surface area contributed by atoms with Gasteiger partial charge in [0.1, 0.15) is 11.3 Å². The Hall–Kier alpha value is -1.46. The molecule has 0 N–H and O–H groups in total. The molecule has 0 aromatic carbocycles. The van der Waals surface area contributed by atoms with Crippen LogP contribution in [0, 0.1) is 6.92 Å². The number of hydrogen-bond donors (Lipinski definition) is 0. The predicted molar refractivity (Wildman–Crippen MR) is 69.4 cm³/mol. The molecule has 0 saturated heterocycles. The summed E-state index contributed by atoms with van der Waals surface area (Å²) in [6.45, 7) is 3.82. The maximum atomic E-state index is 6.03. The van der Waals surface area contributed by atoms with Crippen molar-refractivity contribution in [3.63, 3.8) is 0 Å². The molecule has 0 spiro atoms. The molecular formula is C12H15ClN4O. The number of rotatable bonds is 3. The van der Waals surface area contributed by atoms with Crippen molar-refractivity contribution in [2.45, 2.75) is 20.0 Å². The summed E-state index contributed by atoms with van der Waals surface area (Å²) in [5.74, 6) is 0.572. The van der Waals surface area contributed by atoms with E-state index in [1.165, 1.54) is 0 Å². The molecule has 18 heavy (non-hydrogen) atoms. The maximum absolute atomic E-state index is 6.03. The number of aromatic nitrogens is 4. The van der Waals surface area contributed by atoms with Crippen LogP contribution in [0.15, 0.2) is 12.3 Å². The third kappa shape index (κ3) is 2.52. The van der Waals surface area contributed by atoms with Gasteiger partial charge in [-0.2, -0.15) is 5.10 Å². The second kappa shape index (κ2) is 5.04. The van der Waals surface area contributed by atoms with E-state index in [0.717, 1.165) is 17.0 Å². The number of ether oxygens (including phenoxy) is 1. The van der Waals surface area contributed by atoms with Gasteiger partial charge in [0.15, 0.2) is 5.82 Å². The molecule has 0 saturated carbocycles. The molecule has 2 heterocycles. The van der Waals surface area contributed by atoms with Gasteiger partial charge < -0.3 is 4.74 Å². The van der Waals surface area contributed by atoms with Crippen LogP contribution in [0.5, 0.6) is 0 Å². The van der Waals surface area contributed by atoms with Crippen molar-refractivity contribution in [2.24, 2.45) is 7.05 Å². The average molecular weight is 267 g/mol. The number of methoxy groups -OCH3 is 1. The minimum absolute atomic E-state index is 0.195. The number of hydrogen-bond acceptors (Lipinski definition) is 4. The number of nitrogens with zero attached hydrogens (tertiary/aromatic N) is 4. The fraction of sp³-hybridized carbons (Fsp3) is 0.417. The molecule has 2 aromatic rings. The van der Waals surface area contributed by atoms with E-state index in [0.29, 0.717) is 11.0 Å². The van der Waals surface area contributed by atoms with Crippen LogP contribution in [-0.2, 0) is 11.8 Å². The van der Waals surface area contributed by atoms with Crippen molar-refractivity contribution < 1.29 is 4.74 Å². The Kier molecular flexibility index (Phi) is 3.63. The summed E-state index contributed by atoms with van der Waals surface area (Å²) >= 11 is 6.03. The van der Waals surface area contributed by atoms with Crippen LogP contribution >= 0.6 is 11.6 Å². The predicted octanol–water partition coefficient (Wildman–Crippen LogP) is 2.55. The SMILES string of the molecule is CO[C@@H](C)c1nc(Cl)cc(-c2cn(C)nc2C)n1. The van der Waals surface area contributed by atoms with Gasteiger partial charge in [-0.05, 0) is 13.8 Å². The zero-order chi connectivity index (χ0) is 13.3. The smallest absolute Gasteiger partial charge is 0.159 e. The van der Waals surface area contributed by atoms with Crippen molar-refractivity contribution in [2.75, 3.05) is 7.11 Å². The van der Waals surface area contributed by atoms with E-state index in [4.69, 9.17) is 16.3 Å². The van der Waals surface area contributed by atoms with Crippen LogP contribution in [0.25, 0.3) is 11.3 Å². The normalized spacial score (nSPS) is 12.7. The van der Waals surface area contributed by atoms with E-state index < -0.39 is 0 Å². The first-order chi connectivity index (χ1) is 8.51. The van der Waals surface area contributed by atoms with Crippen molar-refractivity contribution in [1.82, 2.24) is 19.7 Å². The first kappa shape index (κ1) is 13.0. The van der Waals surface area contributed by atoms with Gasteiger partial charge in [-0.15, -0.1) is 0 Å². The molecule has 0 aliphatic carbocycles. The van der Waals surface area contributed by atoms with Crippen LogP contribution < -0.4 is 0 Å². The monoisotopic (exact) mass is 266 g/mol. The van der Waals surface area contributed by atoms with Gasteiger partial charge >= 0.3 is 0 Å². The molecule has 0 radical (unpaired) electrons. The van der Waals surface area contributed by atoms with E-state index in [-0.39, 0.29) is 6.10 Å². The highest BCUT2D eigenvalue weighted by Gasteiger charge is 2.14. The maximum Gasteiger partial charge on any atom is 0.159 e. The highest BCUT2D eigenvalue weighted by atomic mass is 35.5. The lowest BCUT2D eigenvalue weighted by Gasteiger charge is -2.09. The summed E-state index contributed by atoms with van der Waals surface area (Å²) in [6.07, 6.45) is 1.72. The summed E-state index contributed by atoms with van der Waals surface area (Å²) in [7, 11) is 3.49. The Bertz CT molecular complexity index is 567. The summed E-state index contributed by atoms with van der Waals surface area (Å²) in [5, 5.41) is 4.70. The Labute approximate surface area is 111 Å². The van der Waals surface area contributed by atoms with Gasteiger partial charge in [-0.1, -0.05) is 11.6 Å². The first-order valence-electron chi connectivity index (χ1n) is 5.59. The zero-order valence-corrected chi connectivity index (χ0v) is 11.6. The van der Waals surface area contributed by atoms with Crippen LogP contribution in [-0.4, -0.2) is 26.9 Å². The lowest BCUT2D eigenvalue weighted by molar-refractivity contribution is 0.112. The van der Waals surface area contributed by atoms with Crippen molar-refractivity contribution in [3.8, 4) is 11.3 Å². The van der Waals surface area contributed by atoms with Crippen LogP contribution in [0.3, 0.4) is 0 Å². The van der Waals surface area contributed by atoms with E-state index in [9.17, 15) is 0 Å². The fourth-order valence-corrected chi connectivity index (χ4v) is 1.90. The fourth-order valence-electron chi connectivity index (χ4n) is 1.71. The highest BCUT2D eigenvalue weighted by Crippen LogP contribution is 2.24. The Morgan fingerprint density at radius 3 is 2.67 bits per heavy atom. The van der Waals surface area contributed by atoms with Gasteiger partial charge in [0.2, 0.25) is 0 Å². The Morgan fingerprint density at radius 2 is 2.11 bits per heavy atom. The van der Waals surface area contributed by atoms with Gasteiger partial charge in [-0.25, -0.2) is 9.97 Å². The molecule has 5 nitrogen and oxygen atoms in total. The van der Waals surface area contributed by atoms with E-state index >= 15 is 0 Å². The van der Waals surface area contributed by atoms with Crippen molar-refractivity contribution in [3.05, 3.63) is 28.9 Å². The van der Waals surface area contributed by atoms with Gasteiger partial charge in [0.25, 0.3) is 0 Å². The molecule has 2 aromatic heterocycles. The summed E-state index contributed by atoms with van der Waals surface area (Å²) in [6, 6.07) is 1.73. The molecule has 96 valence electrons. The van der Waals surface area contributed by atoms with E-state index in [1.807, 2.05) is 27.1 Å². The molecular weight excluding hydrogens is 252 g/mol. The molecule has 0 amide bonds. The second-order valence-electron chi connectivity index (χ2n) is 4.11. The molecule has 0 aliphatic rings. The lowest BCUT2D eigenvalue weighted by Crippen LogP contribution is -2.04. The lowest BCUT2D eigenvalue weighted by atomic mass is 10.2. The van der Waals surface area contributed by atoms with Crippen LogP contribution in [0.4, 0.5) is 0 Å². The molecule has 6 heteroatoms. The second-order valence-corrected chi connectivity index (χ2v) is 4.50. The Morgan fingerprint density at radius 1 is 1.39 bits per heavy atom. The molecule has 0 aliphatic heterocycles. The van der Waals surface area contributed by atoms with Crippen LogP contribution in [0.1, 0.15) is 24.5 Å². The first-order valence-corrected chi connectivity index (χ1v) is 5.97. The highest BCUT2D eigenvalue weighted by molar-refractivity contribution is 6.29. The largest absolute Gasteiger partial charge is 0.374 e. The minimum Gasteiger partial charge on any atom is -0.374 e. The zero-order valence-electron chi connectivity index (χ0n) is 10.8. The molecule has 0 fully saturated rings. The summed E-state index contributed by atoms with van der Waals surface area (Å²) < 4.78 is 6.96. The standard InChI is InChI=1S/C12H15ClN4O/c1-7-9(6-17(3)16-7)10-5-11(13)15-12(14-10)8(2)18-4/h5-6,8H,1-4H3/t8-/m0/s1. The molecule has 0 unspecified atom stereocenters. The van der Waals surface area contributed by atoms with Crippen molar-refractivity contribution in [1.29, 1.82) is 0 Å². The quantitative estimate of drug-likeness (QED) is 0.801. The topological polar surface area (TPSA) is 52.8 Å². The van der Waals surface area contributed by atoms with Gasteiger partial charge in [0, 0.05) is 32.0 Å². The van der Waals surface area contributed by atoms with E-state index in [2.05, 4.69) is 15.1 Å². The van der Waals surface area contributed by atoms with Crippen LogP contribution in [0.2, 0.25) is 5.15 Å². The third-order valence-corrected chi connectivity index (χ3v) is 2.91.